The Hall–Kier alpha value is -2.93. The van der Waals surface area contributed by atoms with Crippen molar-refractivity contribution in [1.82, 2.24) is 4.90 Å². The molecule has 6 nitrogen and oxygen atoms in total. The molecule has 30 heavy (non-hydrogen) atoms. The second-order valence-corrected chi connectivity index (χ2v) is 9.25. The Labute approximate surface area is 177 Å². The minimum atomic E-state index is -3.75. The summed E-state index contributed by atoms with van der Waals surface area (Å²) in [6.07, 6.45) is 4.43. The molecule has 0 bridgehead atoms. The average molecular weight is 428 g/mol. The van der Waals surface area contributed by atoms with Gasteiger partial charge in [-0.3, -0.25) is 9.59 Å². The molecule has 0 unspecified atom stereocenters. The summed E-state index contributed by atoms with van der Waals surface area (Å²) < 4.78 is 30.7. The lowest BCUT2D eigenvalue weighted by Gasteiger charge is -2.33. The minimum absolute atomic E-state index is 0.132. The number of hydrogen-bond acceptors (Lipinski definition) is 5. The molecule has 0 saturated carbocycles. The molecular weight excluding hydrogens is 402 g/mol. The van der Waals surface area contributed by atoms with Gasteiger partial charge in [0.2, 0.25) is 5.91 Å². The van der Waals surface area contributed by atoms with Gasteiger partial charge in [-0.25, -0.2) is 8.42 Å². The van der Waals surface area contributed by atoms with Gasteiger partial charge in [-0.2, -0.15) is 0 Å². The van der Waals surface area contributed by atoms with Crippen molar-refractivity contribution in [2.24, 2.45) is 0 Å². The van der Waals surface area contributed by atoms with E-state index in [1.54, 1.807) is 29.2 Å². The molecule has 7 heteroatoms. The molecule has 1 aliphatic carbocycles. The lowest BCUT2D eigenvalue weighted by molar-refractivity contribution is -0.145. The van der Waals surface area contributed by atoms with Crippen LogP contribution >= 0.6 is 0 Å². The SMILES string of the molecule is CC(=O)O[C@H]1C=C[C@@H](N(Cc2ccccc2)C(=O)CS(=O)(=O)c2ccccc2)CC1. The molecule has 1 aliphatic rings. The van der Waals surface area contributed by atoms with E-state index in [-0.39, 0.29) is 23.0 Å². The monoisotopic (exact) mass is 427 g/mol. The molecule has 0 aromatic heterocycles. The molecule has 158 valence electrons. The number of ether oxygens (including phenoxy) is 1. The summed E-state index contributed by atoms with van der Waals surface area (Å²) in [5.41, 5.74) is 0.915. The zero-order valence-electron chi connectivity index (χ0n) is 16.8. The molecule has 0 saturated heterocycles. The van der Waals surface area contributed by atoms with Crippen LogP contribution in [0.3, 0.4) is 0 Å². The van der Waals surface area contributed by atoms with Gasteiger partial charge < -0.3 is 9.64 Å². The van der Waals surface area contributed by atoms with Crippen LogP contribution in [0.1, 0.15) is 25.3 Å². The van der Waals surface area contributed by atoms with Crippen LogP contribution in [-0.4, -0.2) is 43.1 Å². The summed E-state index contributed by atoms with van der Waals surface area (Å²) in [6.45, 7) is 1.66. The first-order valence-electron chi connectivity index (χ1n) is 9.82. The number of rotatable bonds is 7. The molecule has 3 rings (SSSR count). The van der Waals surface area contributed by atoms with Crippen LogP contribution in [0.25, 0.3) is 0 Å². The molecule has 0 radical (unpaired) electrons. The van der Waals surface area contributed by atoms with Gasteiger partial charge >= 0.3 is 5.97 Å². The number of benzene rings is 2. The van der Waals surface area contributed by atoms with Gasteiger partial charge in [-0.05, 0) is 36.6 Å². The van der Waals surface area contributed by atoms with Crippen LogP contribution in [0.4, 0.5) is 0 Å². The van der Waals surface area contributed by atoms with Gasteiger partial charge in [0.15, 0.2) is 9.84 Å². The van der Waals surface area contributed by atoms with Crippen molar-refractivity contribution in [1.29, 1.82) is 0 Å². The van der Waals surface area contributed by atoms with Gasteiger partial charge in [0.05, 0.1) is 10.9 Å². The third-order valence-electron chi connectivity index (χ3n) is 4.94. The minimum Gasteiger partial charge on any atom is -0.458 e. The second kappa shape index (κ2) is 9.71. The van der Waals surface area contributed by atoms with E-state index in [0.29, 0.717) is 19.4 Å². The predicted molar refractivity (Wildman–Crippen MR) is 113 cm³/mol. The summed E-state index contributed by atoms with van der Waals surface area (Å²) in [6, 6.07) is 17.2. The van der Waals surface area contributed by atoms with Crippen molar-refractivity contribution in [2.75, 3.05) is 5.75 Å². The summed E-state index contributed by atoms with van der Waals surface area (Å²) >= 11 is 0. The number of esters is 1. The first-order chi connectivity index (χ1) is 14.3. The van der Waals surface area contributed by atoms with Gasteiger partial charge in [0, 0.05) is 13.5 Å². The molecule has 0 aliphatic heterocycles. The summed E-state index contributed by atoms with van der Waals surface area (Å²) in [5, 5.41) is 0. The Bertz CT molecular complexity index is 1000. The lowest BCUT2D eigenvalue weighted by atomic mass is 9.98. The Kier molecular flexibility index (Phi) is 7.05. The highest BCUT2D eigenvalue weighted by atomic mass is 32.2. The highest BCUT2D eigenvalue weighted by Gasteiger charge is 2.30. The van der Waals surface area contributed by atoms with Gasteiger partial charge in [0.1, 0.15) is 11.9 Å². The molecule has 0 heterocycles. The molecule has 0 N–H and O–H groups in total. The quantitative estimate of drug-likeness (QED) is 0.501. The third kappa shape index (κ3) is 5.79. The van der Waals surface area contributed by atoms with Crippen LogP contribution in [0.2, 0.25) is 0 Å². The Balaban J connectivity index is 1.81. The molecule has 0 spiro atoms. The van der Waals surface area contributed by atoms with Crippen LogP contribution in [-0.2, 0) is 30.7 Å². The zero-order chi connectivity index (χ0) is 21.6. The van der Waals surface area contributed by atoms with E-state index in [9.17, 15) is 18.0 Å². The number of carbonyl (C=O) groups is 2. The van der Waals surface area contributed by atoms with Crippen LogP contribution in [0.5, 0.6) is 0 Å². The standard InChI is InChI=1S/C23H25NO5S/c1-18(25)29-21-14-12-20(13-15-21)24(16-19-8-4-2-5-9-19)23(26)17-30(27,28)22-10-6-3-7-11-22/h2-12,14,20-21H,13,15-17H2,1H3/t20-,21+/m1/s1. The summed E-state index contributed by atoms with van der Waals surface area (Å²) in [7, 11) is -3.75. The highest BCUT2D eigenvalue weighted by Crippen LogP contribution is 2.22. The van der Waals surface area contributed by atoms with E-state index >= 15 is 0 Å². The predicted octanol–water partition coefficient (Wildman–Crippen LogP) is 3.14. The molecular formula is C23H25NO5S. The maximum Gasteiger partial charge on any atom is 0.303 e. The molecule has 2 aromatic carbocycles. The summed E-state index contributed by atoms with van der Waals surface area (Å²) in [5.74, 6) is -1.40. The average Bonchev–Trinajstić information content (AvgIpc) is 2.73. The maximum absolute atomic E-state index is 13.1. The fraction of sp³-hybridized carbons (Fsp3) is 0.304. The number of hydrogen-bond donors (Lipinski definition) is 0. The normalized spacial score (nSPS) is 18.6. The van der Waals surface area contributed by atoms with Gasteiger partial charge in [0.25, 0.3) is 0 Å². The van der Waals surface area contributed by atoms with Crippen molar-refractivity contribution in [3.05, 3.63) is 78.4 Å². The second-order valence-electron chi connectivity index (χ2n) is 7.26. The van der Waals surface area contributed by atoms with Crippen molar-refractivity contribution in [3.8, 4) is 0 Å². The smallest absolute Gasteiger partial charge is 0.303 e. The highest BCUT2D eigenvalue weighted by molar-refractivity contribution is 7.92. The van der Waals surface area contributed by atoms with Crippen molar-refractivity contribution in [2.45, 2.75) is 43.4 Å². The number of carbonyl (C=O) groups excluding carboxylic acids is 2. The van der Waals surface area contributed by atoms with Gasteiger partial charge in [-0.15, -0.1) is 0 Å². The molecule has 2 atom stereocenters. The molecule has 2 aromatic rings. The van der Waals surface area contributed by atoms with E-state index in [1.807, 2.05) is 36.4 Å². The first-order valence-corrected chi connectivity index (χ1v) is 11.5. The van der Waals surface area contributed by atoms with E-state index in [1.165, 1.54) is 19.1 Å². The largest absolute Gasteiger partial charge is 0.458 e. The molecule has 1 amide bonds. The Morgan fingerprint density at radius 2 is 1.60 bits per heavy atom. The summed E-state index contributed by atoms with van der Waals surface area (Å²) in [4.78, 5) is 26.0. The first kappa shape index (κ1) is 21.8. The topological polar surface area (TPSA) is 80.8 Å². The van der Waals surface area contributed by atoms with E-state index < -0.39 is 21.5 Å². The maximum atomic E-state index is 13.1. The van der Waals surface area contributed by atoms with Crippen molar-refractivity contribution < 1.29 is 22.7 Å². The Morgan fingerprint density at radius 1 is 0.967 bits per heavy atom. The Morgan fingerprint density at radius 3 is 2.17 bits per heavy atom. The molecule has 0 fully saturated rings. The van der Waals surface area contributed by atoms with Gasteiger partial charge in [-0.1, -0.05) is 54.6 Å². The van der Waals surface area contributed by atoms with Crippen LogP contribution in [0, 0.1) is 0 Å². The number of nitrogens with zero attached hydrogens (tertiary/aromatic N) is 1. The number of amides is 1. The van der Waals surface area contributed by atoms with Crippen LogP contribution < -0.4 is 0 Å². The van der Waals surface area contributed by atoms with Crippen molar-refractivity contribution in [3.63, 3.8) is 0 Å². The lowest BCUT2D eigenvalue weighted by Crippen LogP contribution is -2.43. The van der Waals surface area contributed by atoms with E-state index in [4.69, 9.17) is 4.74 Å². The van der Waals surface area contributed by atoms with E-state index in [2.05, 4.69) is 0 Å². The van der Waals surface area contributed by atoms with Crippen molar-refractivity contribution >= 4 is 21.7 Å². The number of sulfone groups is 1. The third-order valence-corrected chi connectivity index (χ3v) is 6.56. The zero-order valence-corrected chi connectivity index (χ0v) is 17.6. The fourth-order valence-electron chi connectivity index (χ4n) is 3.48. The van der Waals surface area contributed by atoms with E-state index in [0.717, 1.165) is 5.56 Å². The fourth-order valence-corrected chi connectivity index (χ4v) is 4.71. The van der Waals surface area contributed by atoms with Crippen LogP contribution in [0.15, 0.2) is 77.7 Å².